The maximum absolute atomic E-state index is 12.5. The Balaban J connectivity index is 1.81. The van der Waals surface area contributed by atoms with Crippen molar-refractivity contribution in [3.8, 4) is 0 Å². The number of para-hydroxylation sites is 1. The van der Waals surface area contributed by atoms with Gasteiger partial charge in [0.1, 0.15) is 0 Å². The summed E-state index contributed by atoms with van der Waals surface area (Å²) in [6.07, 6.45) is 0. The van der Waals surface area contributed by atoms with Crippen LogP contribution in [0.25, 0.3) is 0 Å². The van der Waals surface area contributed by atoms with Crippen LogP contribution < -0.4 is 10.6 Å². The first kappa shape index (κ1) is 21.4. The van der Waals surface area contributed by atoms with E-state index in [0.717, 1.165) is 37.4 Å². The topological polar surface area (TPSA) is 64.7 Å². The fraction of sp³-hybridized carbons (Fsp3) is 0.619. The first-order valence-corrected chi connectivity index (χ1v) is 9.78. The minimum Gasteiger partial charge on any atom is -0.353 e. The second-order valence-corrected chi connectivity index (χ2v) is 8.62. The van der Waals surface area contributed by atoms with Crippen LogP contribution in [0.4, 0.5) is 5.69 Å². The lowest BCUT2D eigenvalue weighted by Crippen LogP contribution is -2.51. The zero-order chi connectivity index (χ0) is 20.0. The van der Waals surface area contributed by atoms with Gasteiger partial charge in [-0.05, 0) is 30.9 Å². The van der Waals surface area contributed by atoms with Crippen LogP contribution in [-0.4, -0.2) is 66.9 Å². The molecule has 0 atom stereocenters. The summed E-state index contributed by atoms with van der Waals surface area (Å²) in [7, 11) is 0. The summed E-state index contributed by atoms with van der Waals surface area (Å²) in [6.45, 7) is 14.4. The fourth-order valence-corrected chi connectivity index (χ4v) is 3.32. The molecule has 0 saturated carbocycles. The van der Waals surface area contributed by atoms with E-state index < -0.39 is 0 Å². The van der Waals surface area contributed by atoms with E-state index in [1.807, 2.05) is 32.0 Å². The highest BCUT2D eigenvalue weighted by molar-refractivity contribution is 5.93. The quantitative estimate of drug-likeness (QED) is 0.800. The molecule has 6 heteroatoms. The summed E-state index contributed by atoms with van der Waals surface area (Å²) in [6, 6.07) is 8.15. The van der Waals surface area contributed by atoms with Gasteiger partial charge in [-0.1, -0.05) is 39.0 Å². The molecule has 0 unspecified atom stereocenters. The number of piperazine rings is 1. The maximum atomic E-state index is 12.5. The summed E-state index contributed by atoms with van der Waals surface area (Å²) < 4.78 is 0. The van der Waals surface area contributed by atoms with Gasteiger partial charge in [0.2, 0.25) is 11.8 Å². The van der Waals surface area contributed by atoms with Crippen molar-refractivity contribution >= 4 is 17.5 Å². The van der Waals surface area contributed by atoms with Gasteiger partial charge in [0.05, 0.1) is 13.1 Å². The third kappa shape index (κ3) is 6.96. The van der Waals surface area contributed by atoms with Gasteiger partial charge < -0.3 is 10.6 Å². The second kappa shape index (κ2) is 9.33. The molecular weight excluding hydrogens is 340 g/mol. The number of carbonyl (C=O) groups is 2. The first-order chi connectivity index (χ1) is 12.6. The summed E-state index contributed by atoms with van der Waals surface area (Å²) in [5, 5.41) is 5.99. The molecule has 2 N–H and O–H groups in total. The molecule has 1 aromatic carbocycles. The number of carbonyl (C=O) groups excluding carboxylic acids is 2. The highest BCUT2D eigenvalue weighted by atomic mass is 16.2. The lowest BCUT2D eigenvalue weighted by Gasteiger charge is -2.34. The molecular formula is C21H34N4O2. The molecule has 1 aliphatic heterocycles. The molecule has 1 aromatic rings. The van der Waals surface area contributed by atoms with Crippen LogP contribution in [-0.2, 0) is 15.0 Å². The van der Waals surface area contributed by atoms with E-state index in [9.17, 15) is 9.59 Å². The SMILES string of the molecule is CC(C)NC(=O)CN1CCN(CC(=O)Nc2ccccc2C(C)(C)C)CC1. The van der Waals surface area contributed by atoms with Gasteiger partial charge in [-0.3, -0.25) is 19.4 Å². The molecule has 2 rings (SSSR count). The average molecular weight is 375 g/mol. The van der Waals surface area contributed by atoms with E-state index in [-0.39, 0.29) is 23.3 Å². The fourth-order valence-electron chi connectivity index (χ4n) is 3.32. The Morgan fingerprint density at radius 1 is 0.963 bits per heavy atom. The van der Waals surface area contributed by atoms with Gasteiger partial charge in [0.25, 0.3) is 0 Å². The van der Waals surface area contributed by atoms with Crippen LogP contribution in [0.5, 0.6) is 0 Å². The smallest absolute Gasteiger partial charge is 0.238 e. The Morgan fingerprint density at radius 3 is 2.00 bits per heavy atom. The van der Waals surface area contributed by atoms with Crippen molar-refractivity contribution in [1.29, 1.82) is 0 Å². The first-order valence-electron chi connectivity index (χ1n) is 9.78. The second-order valence-electron chi connectivity index (χ2n) is 8.62. The Kier molecular flexibility index (Phi) is 7.39. The number of hydrogen-bond donors (Lipinski definition) is 2. The van der Waals surface area contributed by atoms with Gasteiger partial charge >= 0.3 is 0 Å². The number of anilines is 1. The monoisotopic (exact) mass is 374 g/mol. The average Bonchev–Trinajstić information content (AvgIpc) is 2.55. The van der Waals surface area contributed by atoms with Crippen molar-refractivity contribution in [2.75, 3.05) is 44.6 Å². The van der Waals surface area contributed by atoms with Gasteiger partial charge in [0.15, 0.2) is 0 Å². The zero-order valence-corrected chi connectivity index (χ0v) is 17.3. The number of rotatable bonds is 6. The van der Waals surface area contributed by atoms with E-state index in [2.05, 4.69) is 47.3 Å². The molecule has 0 bridgehead atoms. The van der Waals surface area contributed by atoms with E-state index in [1.165, 1.54) is 0 Å². The summed E-state index contributed by atoms with van der Waals surface area (Å²) in [5.41, 5.74) is 2.00. The van der Waals surface area contributed by atoms with E-state index in [0.29, 0.717) is 13.1 Å². The van der Waals surface area contributed by atoms with Gasteiger partial charge in [-0.25, -0.2) is 0 Å². The Labute approximate surface area is 163 Å². The molecule has 0 aromatic heterocycles. The molecule has 0 aliphatic carbocycles. The third-order valence-electron chi connectivity index (χ3n) is 4.66. The molecule has 1 fully saturated rings. The predicted octanol–water partition coefficient (Wildman–Crippen LogP) is 2.06. The Hall–Kier alpha value is -1.92. The molecule has 0 radical (unpaired) electrons. The van der Waals surface area contributed by atoms with Crippen molar-refractivity contribution in [2.45, 2.75) is 46.1 Å². The normalized spacial score (nSPS) is 16.4. The Morgan fingerprint density at radius 2 is 1.48 bits per heavy atom. The zero-order valence-electron chi connectivity index (χ0n) is 17.3. The number of amides is 2. The summed E-state index contributed by atoms with van der Waals surface area (Å²) in [4.78, 5) is 28.7. The number of hydrogen-bond acceptors (Lipinski definition) is 4. The van der Waals surface area contributed by atoms with Gasteiger partial charge in [-0.2, -0.15) is 0 Å². The number of benzene rings is 1. The van der Waals surface area contributed by atoms with Crippen molar-refractivity contribution in [3.63, 3.8) is 0 Å². The molecule has 1 heterocycles. The van der Waals surface area contributed by atoms with Crippen LogP contribution in [0.3, 0.4) is 0 Å². The van der Waals surface area contributed by atoms with Crippen LogP contribution in [0, 0.1) is 0 Å². The van der Waals surface area contributed by atoms with Crippen LogP contribution in [0.15, 0.2) is 24.3 Å². The highest BCUT2D eigenvalue weighted by Gasteiger charge is 2.22. The molecule has 2 amide bonds. The molecule has 27 heavy (non-hydrogen) atoms. The molecule has 6 nitrogen and oxygen atoms in total. The van der Waals surface area contributed by atoms with Crippen molar-refractivity contribution in [3.05, 3.63) is 29.8 Å². The highest BCUT2D eigenvalue weighted by Crippen LogP contribution is 2.29. The van der Waals surface area contributed by atoms with Crippen molar-refractivity contribution in [2.24, 2.45) is 0 Å². The minimum atomic E-state index is -0.0218. The van der Waals surface area contributed by atoms with Gasteiger partial charge in [0, 0.05) is 37.9 Å². The van der Waals surface area contributed by atoms with Crippen LogP contribution in [0.1, 0.15) is 40.2 Å². The summed E-state index contributed by atoms with van der Waals surface area (Å²) in [5.74, 6) is 0.0766. The molecule has 1 aliphatic rings. The third-order valence-corrected chi connectivity index (χ3v) is 4.66. The van der Waals surface area contributed by atoms with Crippen LogP contribution >= 0.6 is 0 Å². The largest absolute Gasteiger partial charge is 0.353 e. The molecule has 1 saturated heterocycles. The maximum Gasteiger partial charge on any atom is 0.238 e. The minimum absolute atomic E-state index is 0.0118. The van der Waals surface area contributed by atoms with Crippen LogP contribution in [0.2, 0.25) is 0 Å². The number of nitrogens with zero attached hydrogens (tertiary/aromatic N) is 2. The van der Waals surface area contributed by atoms with Crippen molar-refractivity contribution < 1.29 is 9.59 Å². The number of nitrogens with one attached hydrogen (secondary N) is 2. The molecule has 0 spiro atoms. The van der Waals surface area contributed by atoms with E-state index >= 15 is 0 Å². The van der Waals surface area contributed by atoms with E-state index in [4.69, 9.17) is 0 Å². The predicted molar refractivity (Wildman–Crippen MR) is 110 cm³/mol. The Bertz CT molecular complexity index is 644. The lowest BCUT2D eigenvalue weighted by molar-refractivity contribution is -0.124. The van der Waals surface area contributed by atoms with E-state index in [1.54, 1.807) is 0 Å². The standard InChI is InChI=1S/C21H34N4O2/c1-16(2)22-19(26)14-24-10-12-25(13-11-24)15-20(27)23-18-9-7-6-8-17(18)21(3,4)5/h6-9,16H,10-15H2,1-5H3,(H,22,26)(H,23,27). The summed E-state index contributed by atoms with van der Waals surface area (Å²) >= 11 is 0. The molecule has 150 valence electrons. The van der Waals surface area contributed by atoms with Gasteiger partial charge in [-0.15, -0.1) is 0 Å². The lowest BCUT2D eigenvalue weighted by atomic mass is 9.86. The van der Waals surface area contributed by atoms with Crippen molar-refractivity contribution in [1.82, 2.24) is 15.1 Å².